The van der Waals surface area contributed by atoms with Gasteiger partial charge >= 0.3 is 0 Å². The van der Waals surface area contributed by atoms with Crippen molar-refractivity contribution in [2.24, 2.45) is 5.41 Å². The van der Waals surface area contributed by atoms with Gasteiger partial charge in [0.05, 0.1) is 6.07 Å². The van der Waals surface area contributed by atoms with Crippen molar-refractivity contribution in [3.05, 3.63) is 33.4 Å². The van der Waals surface area contributed by atoms with Crippen molar-refractivity contribution < 1.29 is 4.79 Å². The van der Waals surface area contributed by atoms with E-state index < -0.39 is 5.41 Å². The maximum absolute atomic E-state index is 11.9. The van der Waals surface area contributed by atoms with Gasteiger partial charge in [-0.2, -0.15) is 5.26 Å². The zero-order chi connectivity index (χ0) is 10.8. The van der Waals surface area contributed by atoms with Crippen LogP contribution in [-0.2, 0) is 0 Å². The summed E-state index contributed by atoms with van der Waals surface area (Å²) < 4.78 is 0.887. The van der Waals surface area contributed by atoms with E-state index in [1.165, 1.54) is 0 Å². The topological polar surface area (TPSA) is 40.9 Å². The van der Waals surface area contributed by atoms with Crippen LogP contribution < -0.4 is 0 Å². The molecule has 0 unspecified atom stereocenters. The van der Waals surface area contributed by atoms with Gasteiger partial charge in [-0.1, -0.05) is 18.2 Å². The number of hydrogen-bond acceptors (Lipinski definition) is 2. The average molecular weight is 299 g/mol. The highest BCUT2D eigenvalue weighted by Gasteiger charge is 2.29. The predicted molar refractivity (Wildman–Crippen MR) is 62.9 cm³/mol. The number of nitrogens with zero attached hydrogens (tertiary/aromatic N) is 1. The van der Waals surface area contributed by atoms with Crippen molar-refractivity contribution in [3.63, 3.8) is 0 Å². The van der Waals surface area contributed by atoms with Crippen LogP contribution in [0.15, 0.2) is 24.3 Å². The Morgan fingerprint density at radius 1 is 1.43 bits per heavy atom. The number of halogens is 1. The molecular formula is C11H10INO. The summed E-state index contributed by atoms with van der Waals surface area (Å²) in [7, 11) is 0. The van der Waals surface area contributed by atoms with Crippen LogP contribution in [-0.4, -0.2) is 5.78 Å². The smallest absolute Gasteiger partial charge is 0.183 e. The molecule has 1 aromatic carbocycles. The molecule has 1 rings (SSSR count). The lowest BCUT2D eigenvalue weighted by atomic mass is 9.86. The molecule has 0 bridgehead atoms. The number of benzene rings is 1. The van der Waals surface area contributed by atoms with Crippen LogP contribution in [0.3, 0.4) is 0 Å². The first-order valence-electron chi connectivity index (χ1n) is 4.19. The minimum Gasteiger partial charge on any atom is -0.292 e. The summed E-state index contributed by atoms with van der Waals surface area (Å²) in [6.07, 6.45) is 0. The SMILES string of the molecule is CC(C)(C#N)C(=O)c1ccccc1I. The number of nitriles is 1. The largest absolute Gasteiger partial charge is 0.292 e. The first-order valence-corrected chi connectivity index (χ1v) is 5.27. The van der Waals surface area contributed by atoms with E-state index in [1.54, 1.807) is 19.9 Å². The van der Waals surface area contributed by atoms with E-state index in [-0.39, 0.29) is 5.78 Å². The summed E-state index contributed by atoms with van der Waals surface area (Å²) in [5, 5.41) is 8.84. The lowest BCUT2D eigenvalue weighted by Gasteiger charge is -2.14. The zero-order valence-corrected chi connectivity index (χ0v) is 10.2. The highest BCUT2D eigenvalue weighted by Crippen LogP contribution is 2.23. The second-order valence-electron chi connectivity index (χ2n) is 3.55. The molecule has 1 aromatic rings. The molecule has 0 spiro atoms. The van der Waals surface area contributed by atoms with E-state index in [2.05, 4.69) is 22.6 Å². The van der Waals surface area contributed by atoms with Crippen LogP contribution in [0.2, 0.25) is 0 Å². The van der Waals surface area contributed by atoms with E-state index >= 15 is 0 Å². The number of carbonyl (C=O) groups is 1. The molecule has 0 saturated carbocycles. The van der Waals surface area contributed by atoms with Gasteiger partial charge in [-0.3, -0.25) is 4.79 Å². The average Bonchev–Trinajstić information content (AvgIpc) is 2.17. The van der Waals surface area contributed by atoms with Gasteiger partial charge in [-0.05, 0) is 42.5 Å². The van der Waals surface area contributed by atoms with Crippen molar-refractivity contribution in [1.82, 2.24) is 0 Å². The van der Waals surface area contributed by atoms with E-state index in [0.717, 1.165) is 3.57 Å². The second-order valence-corrected chi connectivity index (χ2v) is 4.71. The Morgan fingerprint density at radius 2 is 2.00 bits per heavy atom. The fourth-order valence-electron chi connectivity index (χ4n) is 1.03. The fraction of sp³-hybridized carbons (Fsp3) is 0.273. The Labute approximate surface area is 97.1 Å². The van der Waals surface area contributed by atoms with E-state index in [1.807, 2.05) is 24.3 Å². The van der Waals surface area contributed by atoms with Gasteiger partial charge in [0, 0.05) is 9.13 Å². The molecule has 0 aromatic heterocycles. The number of carbonyl (C=O) groups excluding carboxylic acids is 1. The maximum Gasteiger partial charge on any atom is 0.183 e. The highest BCUT2D eigenvalue weighted by atomic mass is 127. The van der Waals surface area contributed by atoms with Gasteiger partial charge in [-0.25, -0.2) is 0 Å². The Morgan fingerprint density at radius 3 is 2.50 bits per heavy atom. The molecule has 0 heterocycles. The first-order chi connectivity index (χ1) is 6.49. The van der Waals surface area contributed by atoms with Crippen LogP contribution in [0.4, 0.5) is 0 Å². The molecule has 0 aliphatic rings. The zero-order valence-electron chi connectivity index (χ0n) is 8.04. The molecule has 14 heavy (non-hydrogen) atoms. The van der Waals surface area contributed by atoms with Crippen molar-refractivity contribution in [3.8, 4) is 6.07 Å². The lowest BCUT2D eigenvalue weighted by Crippen LogP contribution is -2.22. The van der Waals surface area contributed by atoms with Crippen LogP contribution in [0.25, 0.3) is 0 Å². The molecule has 0 radical (unpaired) electrons. The molecule has 3 heteroatoms. The van der Waals surface area contributed by atoms with Crippen LogP contribution in [0, 0.1) is 20.3 Å². The number of hydrogen-bond donors (Lipinski definition) is 0. The van der Waals surface area contributed by atoms with Gasteiger partial charge in [0.15, 0.2) is 5.78 Å². The monoisotopic (exact) mass is 299 g/mol. The van der Waals surface area contributed by atoms with Crippen LogP contribution in [0.1, 0.15) is 24.2 Å². The molecular weight excluding hydrogens is 289 g/mol. The summed E-state index contributed by atoms with van der Waals surface area (Å²) in [6.45, 7) is 3.27. The second kappa shape index (κ2) is 4.09. The fourth-order valence-corrected chi connectivity index (χ4v) is 1.67. The summed E-state index contributed by atoms with van der Waals surface area (Å²) in [6, 6.07) is 9.31. The summed E-state index contributed by atoms with van der Waals surface area (Å²) in [4.78, 5) is 11.9. The van der Waals surface area contributed by atoms with Gasteiger partial charge < -0.3 is 0 Å². The molecule has 0 aliphatic carbocycles. The van der Waals surface area contributed by atoms with E-state index in [4.69, 9.17) is 5.26 Å². The summed E-state index contributed by atoms with van der Waals surface area (Å²) in [5.41, 5.74) is -0.319. The maximum atomic E-state index is 11.9. The molecule has 0 saturated heterocycles. The Kier molecular flexibility index (Phi) is 3.27. The quantitative estimate of drug-likeness (QED) is 0.622. The third-order valence-electron chi connectivity index (χ3n) is 1.97. The highest BCUT2D eigenvalue weighted by molar-refractivity contribution is 14.1. The summed E-state index contributed by atoms with van der Waals surface area (Å²) in [5.74, 6) is -0.120. The molecule has 72 valence electrons. The van der Waals surface area contributed by atoms with Gasteiger partial charge in [-0.15, -0.1) is 0 Å². The Balaban J connectivity index is 3.16. The van der Waals surface area contributed by atoms with E-state index in [9.17, 15) is 4.79 Å². The van der Waals surface area contributed by atoms with Crippen molar-refractivity contribution in [2.45, 2.75) is 13.8 Å². The molecule has 2 nitrogen and oxygen atoms in total. The van der Waals surface area contributed by atoms with Crippen molar-refractivity contribution >= 4 is 28.4 Å². The van der Waals surface area contributed by atoms with Crippen LogP contribution in [0.5, 0.6) is 0 Å². The summed E-state index contributed by atoms with van der Waals surface area (Å²) >= 11 is 2.10. The number of rotatable bonds is 2. The number of Topliss-reactive ketones (excluding diaryl/α,β-unsaturated/α-hetero) is 1. The third-order valence-corrected chi connectivity index (χ3v) is 2.91. The Hall–Kier alpha value is -0.890. The minimum atomic E-state index is -0.943. The predicted octanol–water partition coefficient (Wildman–Crippen LogP) is 3.02. The van der Waals surface area contributed by atoms with Gasteiger partial charge in [0.25, 0.3) is 0 Å². The Bertz CT molecular complexity index is 404. The molecule has 0 amide bonds. The van der Waals surface area contributed by atoms with E-state index in [0.29, 0.717) is 5.56 Å². The lowest BCUT2D eigenvalue weighted by molar-refractivity contribution is 0.0891. The standard InChI is InChI=1S/C11H10INO/c1-11(2,7-13)10(14)8-5-3-4-6-9(8)12/h3-6H,1-2H3. The normalized spacial score (nSPS) is 10.7. The molecule has 0 aliphatic heterocycles. The minimum absolute atomic E-state index is 0.120. The molecule has 0 N–H and O–H groups in total. The van der Waals surface area contributed by atoms with Gasteiger partial charge in [0.1, 0.15) is 5.41 Å². The number of ketones is 1. The first kappa shape index (κ1) is 11.2. The molecule has 0 atom stereocenters. The molecule has 0 fully saturated rings. The third kappa shape index (κ3) is 2.13. The van der Waals surface area contributed by atoms with Crippen LogP contribution >= 0.6 is 22.6 Å². The van der Waals surface area contributed by atoms with Crippen molar-refractivity contribution in [2.75, 3.05) is 0 Å². The van der Waals surface area contributed by atoms with Gasteiger partial charge in [0.2, 0.25) is 0 Å². The van der Waals surface area contributed by atoms with Crippen molar-refractivity contribution in [1.29, 1.82) is 5.26 Å².